The second-order valence-corrected chi connectivity index (χ2v) is 8.27. The molecule has 5 heteroatoms. The number of hydrogen-bond donors (Lipinski definition) is 0. The van der Waals surface area contributed by atoms with Crippen LogP contribution in [0.1, 0.15) is 69.8 Å². The van der Waals surface area contributed by atoms with Crippen molar-refractivity contribution in [3.05, 3.63) is 29.3 Å². The van der Waals surface area contributed by atoms with E-state index in [9.17, 15) is 8.78 Å². The molecule has 0 bridgehead atoms. The molecule has 3 aliphatic rings. The lowest BCUT2D eigenvalue weighted by atomic mass is 9.69. The van der Waals surface area contributed by atoms with E-state index in [1.165, 1.54) is 0 Å². The van der Waals surface area contributed by atoms with Crippen molar-refractivity contribution in [1.29, 1.82) is 0 Å². The lowest BCUT2D eigenvalue weighted by Crippen LogP contribution is -2.37. The summed E-state index contributed by atoms with van der Waals surface area (Å²) in [6.45, 7) is 3.55. The van der Waals surface area contributed by atoms with Gasteiger partial charge in [0.25, 0.3) is 0 Å². The predicted octanol–water partition coefficient (Wildman–Crippen LogP) is 5.57. The average molecular weight is 380 g/mol. The zero-order valence-electron chi connectivity index (χ0n) is 16.1. The van der Waals surface area contributed by atoms with Crippen LogP contribution in [0.3, 0.4) is 0 Å². The number of halogens is 2. The summed E-state index contributed by atoms with van der Waals surface area (Å²) in [4.78, 5) is 0. The smallest absolute Gasteiger partial charge is 0.200 e. The maximum atomic E-state index is 14.5. The zero-order chi connectivity index (χ0) is 18.9. The monoisotopic (exact) mass is 380 g/mol. The molecule has 0 aromatic heterocycles. The molecule has 0 amide bonds. The molecule has 2 aliphatic carbocycles. The highest BCUT2D eigenvalue weighted by molar-refractivity contribution is 5.33. The van der Waals surface area contributed by atoms with E-state index in [0.29, 0.717) is 24.0 Å². The van der Waals surface area contributed by atoms with E-state index < -0.39 is 11.6 Å². The molecule has 4 rings (SSSR count). The molecule has 1 saturated heterocycles. The Bertz CT molecular complexity index is 639. The molecule has 1 spiro atoms. The van der Waals surface area contributed by atoms with E-state index in [0.717, 1.165) is 64.6 Å². The Labute approximate surface area is 160 Å². The minimum absolute atomic E-state index is 0.0138. The number of rotatable bonds is 4. The van der Waals surface area contributed by atoms with Crippen molar-refractivity contribution < 1.29 is 23.0 Å². The fraction of sp³-hybridized carbons (Fsp3) is 0.727. The van der Waals surface area contributed by atoms with Crippen molar-refractivity contribution in [2.24, 2.45) is 11.8 Å². The summed E-state index contributed by atoms with van der Waals surface area (Å²) in [5, 5.41) is 0. The highest BCUT2D eigenvalue weighted by Gasteiger charge is 2.42. The molecule has 0 unspecified atom stereocenters. The Kier molecular flexibility index (Phi) is 5.70. The van der Waals surface area contributed by atoms with Crippen LogP contribution in [-0.4, -0.2) is 25.6 Å². The van der Waals surface area contributed by atoms with Gasteiger partial charge in [-0.05, 0) is 74.8 Å². The standard InChI is InChI=1S/C22H30F2O3/c1-2-25-19-8-7-18(20(23)21(19)24)17-5-3-15(4-6-17)16-9-11-22(12-10-16)26-13-14-27-22/h7-8,15-17H,2-6,9-14H2,1H3. The van der Waals surface area contributed by atoms with Gasteiger partial charge in [0.15, 0.2) is 17.4 Å². The van der Waals surface area contributed by atoms with Crippen LogP contribution in [0.4, 0.5) is 8.78 Å². The third-order valence-electron chi connectivity index (χ3n) is 6.86. The molecular formula is C22H30F2O3. The van der Waals surface area contributed by atoms with E-state index in [1.54, 1.807) is 19.1 Å². The first-order chi connectivity index (χ1) is 13.1. The summed E-state index contributed by atoms with van der Waals surface area (Å²) in [6.07, 6.45) is 8.36. The number of benzene rings is 1. The SMILES string of the molecule is CCOc1ccc(C2CCC(C3CCC4(CC3)OCCO4)CC2)c(F)c1F. The van der Waals surface area contributed by atoms with Gasteiger partial charge < -0.3 is 14.2 Å². The van der Waals surface area contributed by atoms with Crippen molar-refractivity contribution in [3.63, 3.8) is 0 Å². The van der Waals surface area contributed by atoms with Crippen molar-refractivity contribution in [3.8, 4) is 5.75 Å². The summed E-state index contributed by atoms with van der Waals surface area (Å²) in [6, 6.07) is 3.29. The summed E-state index contributed by atoms with van der Waals surface area (Å²) < 4.78 is 45.5. The molecule has 2 saturated carbocycles. The highest BCUT2D eigenvalue weighted by Crippen LogP contribution is 2.47. The first-order valence-electron chi connectivity index (χ1n) is 10.5. The normalized spacial score (nSPS) is 28.6. The Hall–Kier alpha value is -1.20. The van der Waals surface area contributed by atoms with Gasteiger partial charge in [0.1, 0.15) is 0 Å². The number of hydrogen-bond acceptors (Lipinski definition) is 3. The Morgan fingerprint density at radius 2 is 1.56 bits per heavy atom. The van der Waals surface area contributed by atoms with Gasteiger partial charge >= 0.3 is 0 Å². The lowest BCUT2D eigenvalue weighted by molar-refractivity contribution is -0.185. The molecule has 150 valence electrons. The van der Waals surface area contributed by atoms with Crippen LogP contribution in [0, 0.1) is 23.5 Å². The maximum Gasteiger partial charge on any atom is 0.200 e. The van der Waals surface area contributed by atoms with Gasteiger partial charge in [-0.2, -0.15) is 4.39 Å². The maximum absolute atomic E-state index is 14.5. The van der Waals surface area contributed by atoms with Gasteiger partial charge in [-0.25, -0.2) is 4.39 Å². The van der Waals surface area contributed by atoms with E-state index in [2.05, 4.69) is 0 Å². The topological polar surface area (TPSA) is 27.7 Å². The van der Waals surface area contributed by atoms with Crippen molar-refractivity contribution >= 4 is 0 Å². The van der Waals surface area contributed by atoms with Gasteiger partial charge in [0.05, 0.1) is 19.8 Å². The van der Waals surface area contributed by atoms with Crippen molar-refractivity contribution in [1.82, 2.24) is 0 Å². The predicted molar refractivity (Wildman–Crippen MR) is 98.8 cm³/mol. The molecule has 1 heterocycles. The third-order valence-corrected chi connectivity index (χ3v) is 6.86. The third kappa shape index (κ3) is 3.86. The fourth-order valence-corrected chi connectivity index (χ4v) is 5.37. The molecule has 3 nitrogen and oxygen atoms in total. The molecule has 27 heavy (non-hydrogen) atoms. The van der Waals surface area contributed by atoms with Crippen LogP contribution in [0.5, 0.6) is 5.75 Å². The van der Waals surface area contributed by atoms with Crippen LogP contribution in [-0.2, 0) is 9.47 Å². The summed E-state index contributed by atoms with van der Waals surface area (Å²) in [5.74, 6) is -0.328. The Balaban J connectivity index is 1.33. The summed E-state index contributed by atoms with van der Waals surface area (Å²) in [7, 11) is 0. The Morgan fingerprint density at radius 1 is 0.926 bits per heavy atom. The summed E-state index contributed by atoms with van der Waals surface area (Å²) in [5.41, 5.74) is 0.518. The second kappa shape index (κ2) is 8.04. The molecular weight excluding hydrogens is 350 g/mol. The van der Waals surface area contributed by atoms with Gasteiger partial charge in [0, 0.05) is 12.8 Å². The minimum atomic E-state index is -0.842. The van der Waals surface area contributed by atoms with Gasteiger partial charge in [0.2, 0.25) is 5.82 Å². The van der Waals surface area contributed by atoms with E-state index in [1.807, 2.05) is 0 Å². The average Bonchev–Trinajstić information content (AvgIpc) is 3.15. The van der Waals surface area contributed by atoms with Crippen LogP contribution in [0.15, 0.2) is 12.1 Å². The second-order valence-electron chi connectivity index (χ2n) is 8.27. The molecule has 0 radical (unpaired) electrons. The van der Waals surface area contributed by atoms with Crippen LogP contribution >= 0.6 is 0 Å². The first kappa shape index (κ1) is 19.1. The van der Waals surface area contributed by atoms with Crippen molar-refractivity contribution in [2.75, 3.05) is 19.8 Å². The zero-order valence-corrected chi connectivity index (χ0v) is 16.1. The van der Waals surface area contributed by atoms with Crippen LogP contribution in [0.25, 0.3) is 0 Å². The highest BCUT2D eigenvalue weighted by atomic mass is 19.2. The van der Waals surface area contributed by atoms with Crippen LogP contribution in [0.2, 0.25) is 0 Å². The number of ether oxygens (including phenoxy) is 3. The van der Waals surface area contributed by atoms with Crippen LogP contribution < -0.4 is 4.74 Å². The van der Waals surface area contributed by atoms with E-state index >= 15 is 0 Å². The molecule has 1 aromatic rings. The van der Waals surface area contributed by atoms with Gasteiger partial charge in [-0.15, -0.1) is 0 Å². The largest absolute Gasteiger partial charge is 0.491 e. The molecule has 0 atom stereocenters. The Morgan fingerprint density at radius 3 is 2.19 bits per heavy atom. The van der Waals surface area contributed by atoms with Gasteiger partial charge in [-0.3, -0.25) is 0 Å². The fourth-order valence-electron chi connectivity index (χ4n) is 5.37. The van der Waals surface area contributed by atoms with E-state index in [4.69, 9.17) is 14.2 Å². The van der Waals surface area contributed by atoms with Gasteiger partial charge in [-0.1, -0.05) is 6.07 Å². The molecule has 3 fully saturated rings. The minimum Gasteiger partial charge on any atom is -0.491 e. The van der Waals surface area contributed by atoms with E-state index in [-0.39, 0.29) is 17.5 Å². The quantitative estimate of drug-likeness (QED) is 0.683. The molecule has 1 aromatic carbocycles. The lowest BCUT2D eigenvalue weighted by Gasteiger charge is -2.41. The molecule has 0 N–H and O–H groups in total. The summed E-state index contributed by atoms with van der Waals surface area (Å²) >= 11 is 0. The van der Waals surface area contributed by atoms with Crippen molar-refractivity contribution in [2.45, 2.75) is 70.0 Å². The molecule has 1 aliphatic heterocycles. The first-order valence-corrected chi connectivity index (χ1v) is 10.5.